The van der Waals surface area contributed by atoms with Crippen molar-refractivity contribution in [3.8, 4) is 0 Å². The second kappa shape index (κ2) is 7.82. The Morgan fingerprint density at radius 3 is 2.78 bits per heavy atom. The van der Waals surface area contributed by atoms with Crippen LogP contribution < -0.4 is 0 Å². The Morgan fingerprint density at radius 2 is 1.96 bits per heavy atom. The van der Waals surface area contributed by atoms with Crippen molar-refractivity contribution < 1.29 is 9.90 Å². The summed E-state index contributed by atoms with van der Waals surface area (Å²) in [6.07, 6.45) is 6.75. The largest absolute Gasteiger partial charge is 0.395 e. The SMILES string of the molecule is O=C1N(CCO)CCC[C@@]12CCN(Cc1cncn1Cc1ccccc1)C2. The zero-order valence-electron chi connectivity index (χ0n) is 15.8. The minimum absolute atomic E-state index is 0.0458. The van der Waals surface area contributed by atoms with E-state index in [-0.39, 0.29) is 17.9 Å². The first-order chi connectivity index (χ1) is 13.2. The summed E-state index contributed by atoms with van der Waals surface area (Å²) in [7, 11) is 0. The smallest absolute Gasteiger partial charge is 0.230 e. The quantitative estimate of drug-likeness (QED) is 0.844. The molecule has 144 valence electrons. The lowest BCUT2D eigenvalue weighted by Gasteiger charge is -2.39. The van der Waals surface area contributed by atoms with E-state index in [1.807, 2.05) is 23.5 Å². The highest BCUT2D eigenvalue weighted by Crippen LogP contribution is 2.40. The van der Waals surface area contributed by atoms with Crippen LogP contribution in [0.2, 0.25) is 0 Å². The van der Waals surface area contributed by atoms with E-state index >= 15 is 0 Å². The van der Waals surface area contributed by atoms with Crippen LogP contribution in [0.5, 0.6) is 0 Å². The lowest BCUT2D eigenvalue weighted by molar-refractivity contribution is -0.146. The number of nitrogens with zero attached hydrogens (tertiary/aromatic N) is 4. The molecule has 1 aromatic heterocycles. The van der Waals surface area contributed by atoms with E-state index in [0.29, 0.717) is 6.54 Å². The predicted molar refractivity (Wildman–Crippen MR) is 103 cm³/mol. The van der Waals surface area contributed by atoms with E-state index < -0.39 is 0 Å². The summed E-state index contributed by atoms with van der Waals surface area (Å²) in [4.78, 5) is 21.6. The highest BCUT2D eigenvalue weighted by atomic mass is 16.3. The van der Waals surface area contributed by atoms with Crippen LogP contribution in [0, 0.1) is 5.41 Å². The van der Waals surface area contributed by atoms with Crippen molar-refractivity contribution in [2.45, 2.75) is 32.4 Å². The highest BCUT2D eigenvalue weighted by Gasteiger charge is 2.48. The van der Waals surface area contributed by atoms with Gasteiger partial charge < -0.3 is 14.6 Å². The molecule has 2 saturated heterocycles. The van der Waals surface area contributed by atoms with Crippen molar-refractivity contribution >= 4 is 5.91 Å². The summed E-state index contributed by atoms with van der Waals surface area (Å²) < 4.78 is 2.20. The number of aromatic nitrogens is 2. The molecule has 0 radical (unpaired) electrons. The van der Waals surface area contributed by atoms with Gasteiger partial charge in [-0.25, -0.2) is 4.98 Å². The number of carbonyl (C=O) groups excluding carboxylic acids is 1. The summed E-state index contributed by atoms with van der Waals surface area (Å²) in [5.41, 5.74) is 2.20. The number of piperidine rings is 1. The number of hydrogen-bond donors (Lipinski definition) is 1. The molecule has 2 fully saturated rings. The molecule has 4 rings (SSSR count). The van der Waals surface area contributed by atoms with Crippen LogP contribution in [0.4, 0.5) is 0 Å². The molecular formula is C21H28N4O2. The molecule has 0 aliphatic carbocycles. The monoisotopic (exact) mass is 368 g/mol. The minimum Gasteiger partial charge on any atom is -0.395 e. The molecule has 0 bridgehead atoms. The first-order valence-corrected chi connectivity index (χ1v) is 9.86. The van der Waals surface area contributed by atoms with E-state index in [4.69, 9.17) is 0 Å². The summed E-state index contributed by atoms with van der Waals surface area (Å²) in [5, 5.41) is 9.23. The van der Waals surface area contributed by atoms with Crippen LogP contribution in [0.3, 0.4) is 0 Å². The standard InChI is InChI=1S/C21H28N4O2/c26-12-11-24-9-4-7-21(20(24)27)8-10-23(16-21)15-19-13-22-17-25(19)14-18-5-2-1-3-6-18/h1-3,5-6,13,17,26H,4,7-12,14-16H2/t21-/m0/s1. The van der Waals surface area contributed by atoms with Gasteiger partial charge in [-0.2, -0.15) is 0 Å². The van der Waals surface area contributed by atoms with Crippen LogP contribution in [0.25, 0.3) is 0 Å². The molecule has 1 atom stereocenters. The van der Waals surface area contributed by atoms with Gasteiger partial charge in [0.15, 0.2) is 0 Å². The van der Waals surface area contributed by atoms with Gasteiger partial charge in [0.1, 0.15) is 0 Å². The molecule has 2 aromatic rings. The molecule has 2 aliphatic heterocycles. The summed E-state index contributed by atoms with van der Waals surface area (Å²) in [6.45, 7) is 4.68. The maximum atomic E-state index is 13.0. The van der Waals surface area contributed by atoms with Gasteiger partial charge in [-0.1, -0.05) is 30.3 Å². The maximum Gasteiger partial charge on any atom is 0.230 e. The Morgan fingerprint density at radius 1 is 1.11 bits per heavy atom. The summed E-state index contributed by atoms with van der Waals surface area (Å²) in [6, 6.07) is 10.4. The summed E-state index contributed by atoms with van der Waals surface area (Å²) in [5.74, 6) is 0.239. The van der Waals surface area contributed by atoms with Gasteiger partial charge in [0.25, 0.3) is 0 Å². The molecule has 6 nitrogen and oxygen atoms in total. The van der Waals surface area contributed by atoms with E-state index in [1.165, 1.54) is 11.3 Å². The predicted octanol–water partition coefficient (Wildman–Crippen LogP) is 1.74. The third-order valence-electron chi connectivity index (χ3n) is 6.01. The Labute approximate surface area is 160 Å². The van der Waals surface area contributed by atoms with Gasteiger partial charge in [0.05, 0.1) is 24.0 Å². The molecular weight excluding hydrogens is 340 g/mol. The lowest BCUT2D eigenvalue weighted by atomic mass is 9.78. The van der Waals surface area contributed by atoms with Crippen LogP contribution >= 0.6 is 0 Å². The molecule has 6 heteroatoms. The van der Waals surface area contributed by atoms with Gasteiger partial charge in [0.2, 0.25) is 5.91 Å². The third-order valence-corrected chi connectivity index (χ3v) is 6.01. The molecule has 0 unspecified atom stereocenters. The van der Waals surface area contributed by atoms with E-state index in [2.05, 4.69) is 38.7 Å². The van der Waals surface area contributed by atoms with Crippen LogP contribution in [0.15, 0.2) is 42.9 Å². The molecule has 1 aromatic carbocycles. The number of imidazole rings is 1. The van der Waals surface area contributed by atoms with Gasteiger partial charge in [-0.15, -0.1) is 0 Å². The van der Waals surface area contributed by atoms with Crippen LogP contribution in [-0.4, -0.2) is 63.2 Å². The number of amides is 1. The average Bonchev–Trinajstić information content (AvgIpc) is 3.29. The normalized spacial score (nSPS) is 23.4. The fourth-order valence-corrected chi connectivity index (χ4v) is 4.59. The highest BCUT2D eigenvalue weighted by molar-refractivity contribution is 5.84. The number of aliphatic hydroxyl groups excluding tert-OH is 1. The van der Waals surface area contributed by atoms with E-state index in [1.54, 1.807) is 0 Å². The van der Waals surface area contributed by atoms with Crippen molar-refractivity contribution in [3.63, 3.8) is 0 Å². The average molecular weight is 368 g/mol. The number of rotatable bonds is 6. The van der Waals surface area contributed by atoms with Crippen LogP contribution in [0.1, 0.15) is 30.5 Å². The second-order valence-electron chi connectivity index (χ2n) is 7.86. The van der Waals surface area contributed by atoms with E-state index in [0.717, 1.165) is 52.0 Å². The zero-order chi connectivity index (χ0) is 18.7. The first kappa shape index (κ1) is 18.2. The van der Waals surface area contributed by atoms with Gasteiger partial charge in [-0.3, -0.25) is 9.69 Å². The molecule has 1 N–H and O–H groups in total. The second-order valence-corrected chi connectivity index (χ2v) is 7.86. The Kier molecular flexibility index (Phi) is 5.27. The maximum absolute atomic E-state index is 13.0. The fraction of sp³-hybridized carbons (Fsp3) is 0.524. The molecule has 0 saturated carbocycles. The number of benzene rings is 1. The third kappa shape index (κ3) is 3.77. The number of carbonyl (C=O) groups is 1. The molecule has 27 heavy (non-hydrogen) atoms. The number of likely N-dealkylation sites (tertiary alicyclic amines) is 2. The lowest BCUT2D eigenvalue weighted by Crippen LogP contribution is -2.50. The van der Waals surface area contributed by atoms with Gasteiger partial charge in [-0.05, 0) is 31.4 Å². The van der Waals surface area contributed by atoms with Crippen molar-refractivity contribution in [1.29, 1.82) is 0 Å². The Bertz CT molecular complexity index is 773. The molecule has 2 aliphatic rings. The van der Waals surface area contributed by atoms with Crippen molar-refractivity contribution in [2.24, 2.45) is 5.41 Å². The molecule has 1 spiro atoms. The molecule has 3 heterocycles. The number of aliphatic hydroxyl groups is 1. The van der Waals surface area contributed by atoms with Crippen molar-refractivity contribution in [3.05, 3.63) is 54.1 Å². The first-order valence-electron chi connectivity index (χ1n) is 9.86. The number of hydrogen-bond acceptors (Lipinski definition) is 4. The minimum atomic E-state index is -0.252. The van der Waals surface area contributed by atoms with Gasteiger partial charge in [0, 0.05) is 38.9 Å². The van der Waals surface area contributed by atoms with Gasteiger partial charge >= 0.3 is 0 Å². The topological polar surface area (TPSA) is 61.6 Å². The summed E-state index contributed by atoms with van der Waals surface area (Å²) >= 11 is 0. The zero-order valence-corrected chi connectivity index (χ0v) is 15.8. The van der Waals surface area contributed by atoms with E-state index in [9.17, 15) is 9.90 Å². The Balaban J connectivity index is 1.42. The fourth-order valence-electron chi connectivity index (χ4n) is 4.59. The Hall–Kier alpha value is -2.18. The van der Waals surface area contributed by atoms with Crippen LogP contribution in [-0.2, 0) is 17.9 Å². The van der Waals surface area contributed by atoms with Crippen molar-refractivity contribution in [1.82, 2.24) is 19.4 Å². The molecule has 1 amide bonds. The van der Waals surface area contributed by atoms with Crippen molar-refractivity contribution in [2.75, 3.05) is 32.8 Å². The number of β-amino-alcohol motifs (C(OH)–C–C–N with tert-alkyl or cyclic N) is 1.